The van der Waals surface area contributed by atoms with Crippen LogP contribution in [0, 0.1) is 12.3 Å². The van der Waals surface area contributed by atoms with Crippen molar-refractivity contribution < 1.29 is 18.0 Å². The Labute approximate surface area is 102 Å². The van der Waals surface area contributed by atoms with E-state index in [1.807, 2.05) is 0 Å². The molecule has 0 bridgehead atoms. The molecule has 0 aliphatic rings. The van der Waals surface area contributed by atoms with Gasteiger partial charge in [0.1, 0.15) is 0 Å². The lowest BCUT2D eigenvalue weighted by Crippen LogP contribution is -2.28. The predicted octanol–water partition coefficient (Wildman–Crippen LogP) is 1.87. The monoisotopic (exact) mass is 256 g/mol. The number of amides is 1. The van der Waals surface area contributed by atoms with E-state index in [1.165, 1.54) is 12.1 Å². The molecule has 18 heavy (non-hydrogen) atoms. The lowest BCUT2D eigenvalue weighted by molar-refractivity contribution is -0.137. The minimum atomic E-state index is -4.43. The summed E-state index contributed by atoms with van der Waals surface area (Å²) >= 11 is 0. The SMILES string of the molecule is C#CCNCC(=O)Nc1cccc(C(F)(F)F)c1. The first kappa shape index (κ1) is 14.1. The Bertz CT molecular complexity index is 463. The summed E-state index contributed by atoms with van der Waals surface area (Å²) in [5, 5.41) is 4.97. The number of nitrogens with one attached hydrogen (secondary N) is 2. The molecule has 0 radical (unpaired) electrons. The summed E-state index contributed by atoms with van der Waals surface area (Å²) in [4.78, 5) is 11.3. The van der Waals surface area contributed by atoms with E-state index in [9.17, 15) is 18.0 Å². The quantitative estimate of drug-likeness (QED) is 0.637. The molecule has 1 amide bonds. The van der Waals surface area contributed by atoms with Gasteiger partial charge in [-0.25, -0.2) is 0 Å². The molecule has 0 unspecified atom stereocenters. The number of halogens is 3. The van der Waals surface area contributed by atoms with E-state index in [4.69, 9.17) is 6.42 Å². The Hall–Kier alpha value is -2.00. The second kappa shape index (κ2) is 6.07. The van der Waals surface area contributed by atoms with Crippen LogP contribution in [0.2, 0.25) is 0 Å². The van der Waals surface area contributed by atoms with Crippen LogP contribution in [0.15, 0.2) is 24.3 Å². The van der Waals surface area contributed by atoms with Crippen molar-refractivity contribution in [1.82, 2.24) is 5.32 Å². The topological polar surface area (TPSA) is 41.1 Å². The standard InChI is InChI=1S/C12H11F3N2O/c1-2-6-16-8-11(18)17-10-5-3-4-9(7-10)12(13,14)15/h1,3-5,7,16H,6,8H2,(H,17,18). The van der Waals surface area contributed by atoms with Crippen molar-refractivity contribution in [1.29, 1.82) is 0 Å². The zero-order valence-electron chi connectivity index (χ0n) is 9.34. The van der Waals surface area contributed by atoms with Gasteiger partial charge in [0.2, 0.25) is 5.91 Å². The fraction of sp³-hybridized carbons (Fsp3) is 0.250. The largest absolute Gasteiger partial charge is 0.416 e. The molecule has 1 rings (SSSR count). The molecule has 0 aromatic heterocycles. The van der Waals surface area contributed by atoms with Gasteiger partial charge in [0.25, 0.3) is 0 Å². The molecule has 0 fully saturated rings. The zero-order valence-corrected chi connectivity index (χ0v) is 9.34. The highest BCUT2D eigenvalue weighted by molar-refractivity contribution is 5.92. The lowest BCUT2D eigenvalue weighted by atomic mass is 10.2. The molecular weight excluding hydrogens is 245 g/mol. The van der Waals surface area contributed by atoms with E-state index < -0.39 is 17.6 Å². The molecule has 0 spiro atoms. The van der Waals surface area contributed by atoms with Crippen LogP contribution in [-0.2, 0) is 11.0 Å². The van der Waals surface area contributed by atoms with E-state index >= 15 is 0 Å². The van der Waals surface area contributed by atoms with Crippen molar-refractivity contribution in [3.8, 4) is 12.3 Å². The summed E-state index contributed by atoms with van der Waals surface area (Å²) in [6.07, 6.45) is 0.538. The molecule has 1 aromatic rings. The molecular formula is C12H11F3N2O. The zero-order chi connectivity index (χ0) is 13.6. The van der Waals surface area contributed by atoms with E-state index in [0.717, 1.165) is 12.1 Å². The van der Waals surface area contributed by atoms with Crippen LogP contribution in [-0.4, -0.2) is 19.0 Å². The van der Waals surface area contributed by atoms with Crippen LogP contribution >= 0.6 is 0 Å². The number of benzene rings is 1. The van der Waals surface area contributed by atoms with Gasteiger partial charge in [0, 0.05) is 5.69 Å². The third-order valence-corrected chi connectivity index (χ3v) is 1.99. The number of carbonyl (C=O) groups is 1. The highest BCUT2D eigenvalue weighted by Crippen LogP contribution is 2.30. The van der Waals surface area contributed by atoms with Gasteiger partial charge >= 0.3 is 6.18 Å². The van der Waals surface area contributed by atoms with Gasteiger partial charge < -0.3 is 5.32 Å². The van der Waals surface area contributed by atoms with Crippen LogP contribution < -0.4 is 10.6 Å². The Balaban J connectivity index is 2.63. The molecule has 0 atom stereocenters. The molecule has 0 heterocycles. The molecule has 0 aliphatic carbocycles. The first-order valence-electron chi connectivity index (χ1n) is 5.05. The van der Waals surface area contributed by atoms with Crippen molar-refractivity contribution in [2.45, 2.75) is 6.18 Å². The van der Waals surface area contributed by atoms with Crippen molar-refractivity contribution >= 4 is 11.6 Å². The van der Waals surface area contributed by atoms with E-state index in [-0.39, 0.29) is 18.8 Å². The molecule has 0 saturated heterocycles. The van der Waals surface area contributed by atoms with Gasteiger partial charge in [0.05, 0.1) is 18.7 Å². The highest BCUT2D eigenvalue weighted by Gasteiger charge is 2.30. The minimum Gasteiger partial charge on any atom is -0.325 e. The second-order valence-electron chi connectivity index (χ2n) is 3.43. The summed E-state index contributed by atoms with van der Waals surface area (Å²) in [6, 6.07) is 4.42. The summed E-state index contributed by atoms with van der Waals surface area (Å²) < 4.78 is 37.2. The van der Waals surface area contributed by atoms with Crippen molar-refractivity contribution in [3.63, 3.8) is 0 Å². The molecule has 0 aliphatic heterocycles. The van der Waals surface area contributed by atoms with Crippen LogP contribution in [0.1, 0.15) is 5.56 Å². The van der Waals surface area contributed by atoms with E-state index in [0.29, 0.717) is 0 Å². The average molecular weight is 256 g/mol. The fourth-order valence-electron chi connectivity index (χ4n) is 1.23. The summed E-state index contributed by atoms with van der Waals surface area (Å²) in [7, 11) is 0. The third-order valence-electron chi connectivity index (χ3n) is 1.99. The van der Waals surface area contributed by atoms with Gasteiger partial charge in [-0.05, 0) is 18.2 Å². The summed E-state index contributed by atoms with van der Waals surface area (Å²) in [5.41, 5.74) is -0.714. The Morgan fingerprint density at radius 1 is 1.39 bits per heavy atom. The Morgan fingerprint density at radius 3 is 2.72 bits per heavy atom. The van der Waals surface area contributed by atoms with Gasteiger partial charge in [-0.1, -0.05) is 12.0 Å². The molecule has 1 aromatic carbocycles. The molecule has 96 valence electrons. The van der Waals surface area contributed by atoms with E-state index in [2.05, 4.69) is 16.6 Å². The number of hydrogen-bond donors (Lipinski definition) is 2. The molecule has 2 N–H and O–H groups in total. The second-order valence-corrected chi connectivity index (χ2v) is 3.43. The highest BCUT2D eigenvalue weighted by atomic mass is 19.4. The maximum atomic E-state index is 12.4. The number of terminal acetylenes is 1. The van der Waals surface area contributed by atoms with Crippen LogP contribution in [0.3, 0.4) is 0 Å². The Morgan fingerprint density at radius 2 is 2.11 bits per heavy atom. The first-order valence-corrected chi connectivity index (χ1v) is 5.05. The van der Waals surface area contributed by atoms with Gasteiger partial charge in [-0.15, -0.1) is 6.42 Å². The van der Waals surface area contributed by atoms with Crippen molar-refractivity contribution in [2.75, 3.05) is 18.4 Å². The third kappa shape index (κ3) is 4.47. The van der Waals surface area contributed by atoms with Crippen LogP contribution in [0.4, 0.5) is 18.9 Å². The lowest BCUT2D eigenvalue weighted by Gasteiger charge is -2.09. The molecule has 3 nitrogen and oxygen atoms in total. The summed E-state index contributed by atoms with van der Waals surface area (Å²) in [5.74, 6) is 1.82. The number of alkyl halides is 3. The average Bonchev–Trinajstić information content (AvgIpc) is 2.28. The number of carbonyl (C=O) groups excluding carboxylic acids is 1. The predicted molar refractivity (Wildman–Crippen MR) is 61.8 cm³/mol. The maximum Gasteiger partial charge on any atom is 0.416 e. The normalized spacial score (nSPS) is 10.8. The van der Waals surface area contributed by atoms with Gasteiger partial charge in [-0.2, -0.15) is 13.2 Å². The summed E-state index contributed by atoms with van der Waals surface area (Å²) in [6.45, 7) is 0.163. The fourth-order valence-corrected chi connectivity index (χ4v) is 1.23. The van der Waals surface area contributed by atoms with Crippen molar-refractivity contribution in [2.24, 2.45) is 0 Å². The van der Waals surface area contributed by atoms with Gasteiger partial charge in [0.15, 0.2) is 0 Å². The van der Waals surface area contributed by atoms with Gasteiger partial charge in [-0.3, -0.25) is 10.1 Å². The molecule has 6 heteroatoms. The number of anilines is 1. The van der Waals surface area contributed by atoms with Crippen molar-refractivity contribution in [3.05, 3.63) is 29.8 Å². The minimum absolute atomic E-state index is 0.0551. The first-order chi connectivity index (χ1) is 8.43. The number of hydrogen-bond acceptors (Lipinski definition) is 2. The van der Waals surface area contributed by atoms with Crippen LogP contribution in [0.25, 0.3) is 0 Å². The molecule has 0 saturated carbocycles. The van der Waals surface area contributed by atoms with E-state index in [1.54, 1.807) is 0 Å². The smallest absolute Gasteiger partial charge is 0.325 e. The maximum absolute atomic E-state index is 12.4. The number of rotatable bonds is 4. The Kier molecular flexibility index (Phi) is 4.75. The van der Waals surface area contributed by atoms with Crippen LogP contribution in [0.5, 0.6) is 0 Å².